The molecule has 0 radical (unpaired) electrons. The van der Waals surface area contributed by atoms with Gasteiger partial charge in [0.15, 0.2) is 0 Å². The van der Waals surface area contributed by atoms with Gasteiger partial charge >= 0.3 is 0 Å². The second-order valence-electron chi connectivity index (χ2n) is 8.08. The van der Waals surface area contributed by atoms with E-state index >= 15 is 0 Å². The summed E-state index contributed by atoms with van der Waals surface area (Å²) < 4.78 is 4.11. The zero-order chi connectivity index (χ0) is 25.0. The van der Waals surface area contributed by atoms with Crippen LogP contribution in [0.2, 0.25) is 0 Å². The molecule has 2 aromatic rings. The lowest BCUT2D eigenvalue weighted by Gasteiger charge is -2.25. The number of hydrogen-bond acceptors (Lipinski definition) is 3. The Labute approximate surface area is 193 Å². The second-order valence-corrected chi connectivity index (χ2v) is 8.08. The molecule has 5 nitrogen and oxygen atoms in total. The summed E-state index contributed by atoms with van der Waals surface area (Å²) in [6.07, 6.45) is 8.92. The van der Waals surface area contributed by atoms with Gasteiger partial charge in [-0.05, 0) is 50.2 Å². The fourth-order valence-electron chi connectivity index (χ4n) is 3.28. The molecule has 0 saturated carbocycles. The van der Waals surface area contributed by atoms with Crippen molar-refractivity contribution in [2.45, 2.75) is 109 Å². The largest absolute Gasteiger partial charge is 0.300 e. The maximum atomic E-state index is 9.44. The highest BCUT2D eigenvalue weighted by Crippen LogP contribution is 2.24. The molecular weight excluding hydrogens is 384 g/mol. The van der Waals surface area contributed by atoms with Gasteiger partial charge in [0.25, 0.3) is 0 Å². The van der Waals surface area contributed by atoms with Crippen LogP contribution in [-0.4, -0.2) is 25.3 Å². The Bertz CT molecular complexity index is 575. The van der Waals surface area contributed by atoms with Crippen molar-refractivity contribution < 1.29 is 4.79 Å². The van der Waals surface area contributed by atoms with Crippen molar-refractivity contribution in [2.75, 3.05) is 0 Å². The molecule has 1 unspecified atom stereocenters. The fourth-order valence-corrected chi connectivity index (χ4v) is 3.28. The standard InChI is InChI=1S/C10H18N2.C9H16N2.C3H6O.2C2H6/c1-8(2)10(9(3)4)12-7-5-6-11-12;1-4-9(8(2)3)11-7-5-6-10-11;1-3(2)4;2*1-2/h5-10H,1-4H3;5-9H,4H2,1-3H3;1-2H3;2*1-2H3. The average molecular weight is 437 g/mol. The molecule has 0 N–H and O–H groups in total. The second kappa shape index (κ2) is 21.3. The van der Waals surface area contributed by atoms with Crippen molar-refractivity contribution in [2.24, 2.45) is 17.8 Å². The van der Waals surface area contributed by atoms with Gasteiger partial charge in [-0.3, -0.25) is 9.36 Å². The van der Waals surface area contributed by atoms with Crippen molar-refractivity contribution >= 4 is 5.78 Å². The third-order valence-corrected chi connectivity index (χ3v) is 4.25. The fraction of sp³-hybridized carbons (Fsp3) is 0.731. The molecule has 31 heavy (non-hydrogen) atoms. The summed E-state index contributed by atoms with van der Waals surface area (Å²) >= 11 is 0. The molecule has 182 valence electrons. The third kappa shape index (κ3) is 16.5. The lowest BCUT2D eigenvalue weighted by molar-refractivity contribution is -0.114. The van der Waals surface area contributed by atoms with Gasteiger partial charge in [-0.1, -0.05) is 76.2 Å². The smallest absolute Gasteiger partial charge is 0.126 e. The van der Waals surface area contributed by atoms with Gasteiger partial charge in [-0.25, -0.2) is 0 Å². The first kappa shape index (κ1) is 33.7. The van der Waals surface area contributed by atoms with E-state index in [-0.39, 0.29) is 5.78 Å². The minimum Gasteiger partial charge on any atom is -0.300 e. The zero-order valence-corrected chi connectivity index (χ0v) is 22.8. The van der Waals surface area contributed by atoms with Crippen molar-refractivity contribution in [3.05, 3.63) is 36.9 Å². The van der Waals surface area contributed by atoms with Crippen molar-refractivity contribution in [3.8, 4) is 0 Å². The van der Waals surface area contributed by atoms with Crippen LogP contribution in [0, 0.1) is 17.8 Å². The number of Topliss-reactive ketones (excluding diaryl/α,β-unsaturated/α-hetero) is 1. The molecule has 5 heteroatoms. The minimum atomic E-state index is 0.167. The molecule has 0 bridgehead atoms. The summed E-state index contributed by atoms with van der Waals surface area (Å²) in [4.78, 5) is 9.44. The molecule has 2 heterocycles. The summed E-state index contributed by atoms with van der Waals surface area (Å²) in [6.45, 7) is 26.7. The molecular formula is C26H52N4O. The van der Waals surface area contributed by atoms with Gasteiger partial charge < -0.3 is 4.79 Å². The summed E-state index contributed by atoms with van der Waals surface area (Å²) in [6, 6.07) is 5.05. The molecule has 0 spiro atoms. The number of aromatic nitrogens is 4. The lowest BCUT2D eigenvalue weighted by atomic mass is 9.93. The number of carbonyl (C=O) groups excluding carboxylic acids is 1. The van der Waals surface area contributed by atoms with Crippen LogP contribution in [0.1, 0.15) is 109 Å². The van der Waals surface area contributed by atoms with Gasteiger partial charge in [0.1, 0.15) is 5.78 Å². The van der Waals surface area contributed by atoms with Crippen molar-refractivity contribution in [1.82, 2.24) is 19.6 Å². The molecule has 0 aliphatic rings. The first-order valence-corrected chi connectivity index (χ1v) is 12.1. The molecule has 1 atom stereocenters. The third-order valence-electron chi connectivity index (χ3n) is 4.25. The van der Waals surface area contributed by atoms with E-state index in [1.54, 1.807) is 0 Å². The Morgan fingerprint density at radius 2 is 1.10 bits per heavy atom. The topological polar surface area (TPSA) is 52.7 Å². The molecule has 2 aromatic heterocycles. The number of nitrogens with zero attached hydrogens (tertiary/aromatic N) is 4. The summed E-state index contributed by atoms with van der Waals surface area (Å²) in [5.74, 6) is 2.12. The van der Waals surface area contributed by atoms with Crippen LogP contribution in [0.15, 0.2) is 36.9 Å². The van der Waals surface area contributed by atoms with E-state index in [1.807, 2.05) is 69.3 Å². The average Bonchev–Trinajstić information content (AvgIpc) is 3.40. The monoisotopic (exact) mass is 436 g/mol. The van der Waals surface area contributed by atoms with Crippen molar-refractivity contribution in [1.29, 1.82) is 0 Å². The first-order chi connectivity index (χ1) is 14.6. The molecule has 0 aromatic carbocycles. The summed E-state index contributed by atoms with van der Waals surface area (Å²) in [5.41, 5.74) is 0. The number of ketones is 1. The van der Waals surface area contributed by atoms with Gasteiger partial charge in [-0.15, -0.1) is 0 Å². The predicted octanol–water partition coefficient (Wildman–Crippen LogP) is 7.87. The lowest BCUT2D eigenvalue weighted by Crippen LogP contribution is -2.21. The predicted molar refractivity (Wildman–Crippen MR) is 136 cm³/mol. The van der Waals surface area contributed by atoms with E-state index in [9.17, 15) is 4.79 Å². The van der Waals surface area contributed by atoms with Crippen LogP contribution in [0.3, 0.4) is 0 Å². The highest BCUT2D eigenvalue weighted by atomic mass is 16.1. The van der Waals surface area contributed by atoms with Crippen LogP contribution in [0.4, 0.5) is 0 Å². The molecule has 0 aliphatic heterocycles. The van der Waals surface area contributed by atoms with E-state index < -0.39 is 0 Å². The van der Waals surface area contributed by atoms with Crippen LogP contribution < -0.4 is 0 Å². The van der Waals surface area contributed by atoms with Gasteiger partial charge in [0, 0.05) is 24.8 Å². The molecule has 0 fully saturated rings. The summed E-state index contributed by atoms with van der Waals surface area (Å²) in [7, 11) is 0. The Kier molecular flexibility index (Phi) is 23.2. The Hall–Kier alpha value is -1.91. The van der Waals surface area contributed by atoms with Gasteiger partial charge in [0.2, 0.25) is 0 Å². The van der Waals surface area contributed by atoms with Crippen LogP contribution in [0.25, 0.3) is 0 Å². The van der Waals surface area contributed by atoms with Crippen LogP contribution >= 0.6 is 0 Å². The molecule has 0 amide bonds. The normalized spacial score (nSPS) is 10.7. The van der Waals surface area contributed by atoms with Crippen molar-refractivity contribution in [3.63, 3.8) is 0 Å². The first-order valence-electron chi connectivity index (χ1n) is 12.1. The number of rotatable bonds is 6. The van der Waals surface area contributed by atoms with E-state index in [2.05, 4.69) is 63.3 Å². The maximum absolute atomic E-state index is 9.44. The zero-order valence-electron chi connectivity index (χ0n) is 22.8. The van der Waals surface area contributed by atoms with E-state index in [0.29, 0.717) is 29.8 Å². The maximum Gasteiger partial charge on any atom is 0.126 e. The van der Waals surface area contributed by atoms with E-state index in [1.165, 1.54) is 13.8 Å². The molecule has 2 rings (SSSR count). The van der Waals surface area contributed by atoms with Crippen LogP contribution in [0.5, 0.6) is 0 Å². The highest BCUT2D eigenvalue weighted by Gasteiger charge is 2.18. The highest BCUT2D eigenvalue weighted by molar-refractivity contribution is 5.72. The van der Waals surface area contributed by atoms with E-state index in [0.717, 1.165) is 6.42 Å². The Morgan fingerprint density at radius 1 is 0.742 bits per heavy atom. The number of hydrogen-bond donors (Lipinski definition) is 0. The Morgan fingerprint density at radius 3 is 1.32 bits per heavy atom. The van der Waals surface area contributed by atoms with Gasteiger partial charge in [-0.2, -0.15) is 10.2 Å². The van der Waals surface area contributed by atoms with E-state index in [4.69, 9.17) is 0 Å². The molecule has 0 aliphatic carbocycles. The Balaban J connectivity index is -0.000000381. The van der Waals surface area contributed by atoms with Crippen LogP contribution in [-0.2, 0) is 4.79 Å². The minimum absolute atomic E-state index is 0.167. The summed E-state index contributed by atoms with van der Waals surface area (Å²) in [5, 5.41) is 8.50. The SMILES string of the molecule is CC.CC.CC(C)=O.CC(C)C(C(C)C)n1cccn1.CCC(C(C)C)n1cccn1. The van der Waals surface area contributed by atoms with Gasteiger partial charge in [0.05, 0.1) is 12.1 Å². The number of carbonyl (C=O) groups is 1. The quantitative estimate of drug-likeness (QED) is 0.463. The molecule has 0 saturated heterocycles.